The molecule has 2 aromatic rings. The van der Waals surface area contributed by atoms with Gasteiger partial charge in [-0.15, -0.1) is 0 Å². The molecule has 0 aliphatic carbocycles. The molecule has 0 unspecified atom stereocenters. The lowest BCUT2D eigenvalue weighted by Gasteiger charge is -2.25. The lowest BCUT2D eigenvalue weighted by molar-refractivity contribution is 0.0314. The van der Waals surface area contributed by atoms with Crippen LogP contribution in [0.1, 0.15) is 37.0 Å². The number of aliphatic hydroxyl groups is 1. The second-order valence-electron chi connectivity index (χ2n) is 5.19. The highest BCUT2D eigenvalue weighted by atomic mass is 16.4. The molecule has 0 atom stereocenters. The Morgan fingerprint density at radius 3 is 2.67 bits per heavy atom. The summed E-state index contributed by atoms with van der Waals surface area (Å²) in [6.45, 7) is 3.89. The molecule has 0 saturated carbocycles. The molecule has 0 aliphatic rings. The van der Waals surface area contributed by atoms with Gasteiger partial charge in [-0.2, -0.15) is 0 Å². The third-order valence-electron chi connectivity index (χ3n) is 3.96. The average molecular weight is 292 g/mol. The van der Waals surface area contributed by atoms with E-state index in [2.05, 4.69) is 5.32 Å². The number of carbonyl (C=O) groups is 1. The molecule has 1 aromatic carbocycles. The number of nitrogens with one attached hydrogen (secondary N) is 1. The van der Waals surface area contributed by atoms with E-state index in [0.717, 1.165) is 0 Å². The summed E-state index contributed by atoms with van der Waals surface area (Å²) in [7, 11) is 1.59. The highest BCUT2D eigenvalue weighted by Crippen LogP contribution is 2.18. The van der Waals surface area contributed by atoms with Crippen LogP contribution in [0.2, 0.25) is 0 Å². The van der Waals surface area contributed by atoms with Crippen LogP contribution in [0.15, 0.2) is 27.4 Å². The molecule has 0 radical (unpaired) electrons. The summed E-state index contributed by atoms with van der Waals surface area (Å²) >= 11 is 0. The molecule has 0 saturated heterocycles. The third kappa shape index (κ3) is 2.85. The summed E-state index contributed by atoms with van der Waals surface area (Å²) in [6, 6.07) is 5.00. The van der Waals surface area contributed by atoms with Crippen LogP contribution in [0.3, 0.4) is 0 Å². The van der Waals surface area contributed by atoms with Crippen LogP contribution in [0.25, 0.3) is 11.1 Å². The van der Waals surface area contributed by atoms with Gasteiger partial charge in [0.1, 0.15) is 0 Å². The van der Waals surface area contributed by atoms with Crippen LogP contribution in [-0.2, 0) is 7.05 Å². The molecular formula is C15H20N2O4. The SMILES string of the molecule is CCC(O)(CC)CNC(=O)c1cccc2c1oc(=O)n2C. The van der Waals surface area contributed by atoms with Gasteiger partial charge in [0, 0.05) is 13.6 Å². The molecule has 114 valence electrons. The van der Waals surface area contributed by atoms with Crippen LogP contribution in [-0.4, -0.2) is 27.7 Å². The zero-order valence-corrected chi connectivity index (χ0v) is 12.5. The summed E-state index contributed by atoms with van der Waals surface area (Å²) in [6.07, 6.45) is 1.10. The summed E-state index contributed by atoms with van der Waals surface area (Å²) in [5.41, 5.74) is 0.203. The van der Waals surface area contributed by atoms with Gasteiger partial charge in [-0.1, -0.05) is 19.9 Å². The van der Waals surface area contributed by atoms with Crippen LogP contribution in [0.4, 0.5) is 0 Å². The Labute approximate surface area is 122 Å². The molecule has 0 spiro atoms. The molecule has 1 aromatic heterocycles. The molecule has 21 heavy (non-hydrogen) atoms. The fraction of sp³-hybridized carbons (Fsp3) is 0.467. The van der Waals surface area contributed by atoms with E-state index in [4.69, 9.17) is 4.42 Å². The van der Waals surface area contributed by atoms with Crippen LogP contribution in [0.5, 0.6) is 0 Å². The number of amides is 1. The van der Waals surface area contributed by atoms with Crippen molar-refractivity contribution < 1.29 is 14.3 Å². The number of hydrogen-bond acceptors (Lipinski definition) is 4. The Kier molecular flexibility index (Phi) is 4.18. The predicted octanol–water partition coefficient (Wildman–Crippen LogP) is 1.41. The lowest BCUT2D eigenvalue weighted by atomic mass is 9.97. The highest BCUT2D eigenvalue weighted by Gasteiger charge is 2.24. The zero-order chi connectivity index (χ0) is 15.6. The van der Waals surface area contributed by atoms with Crippen molar-refractivity contribution in [3.8, 4) is 0 Å². The first kappa shape index (κ1) is 15.3. The van der Waals surface area contributed by atoms with E-state index < -0.39 is 11.4 Å². The van der Waals surface area contributed by atoms with Gasteiger partial charge in [-0.05, 0) is 25.0 Å². The van der Waals surface area contributed by atoms with Crippen molar-refractivity contribution in [2.24, 2.45) is 7.05 Å². The van der Waals surface area contributed by atoms with Crippen molar-refractivity contribution in [2.75, 3.05) is 6.54 Å². The molecule has 1 amide bonds. The Morgan fingerprint density at radius 1 is 1.38 bits per heavy atom. The summed E-state index contributed by atoms with van der Waals surface area (Å²) in [4.78, 5) is 23.8. The molecule has 6 heteroatoms. The standard InChI is InChI=1S/C15H20N2O4/c1-4-15(20,5-2)9-16-13(18)10-7-6-8-11-12(10)21-14(19)17(11)3/h6-8,20H,4-5,9H2,1-3H3,(H,16,18). The van der Waals surface area contributed by atoms with Gasteiger partial charge in [-0.25, -0.2) is 4.79 Å². The highest BCUT2D eigenvalue weighted by molar-refractivity contribution is 6.04. The van der Waals surface area contributed by atoms with Crippen molar-refractivity contribution in [2.45, 2.75) is 32.3 Å². The van der Waals surface area contributed by atoms with Gasteiger partial charge in [0.2, 0.25) is 0 Å². The van der Waals surface area contributed by atoms with E-state index >= 15 is 0 Å². The first-order valence-corrected chi connectivity index (χ1v) is 7.01. The maximum Gasteiger partial charge on any atom is 0.419 e. The number of benzene rings is 1. The molecule has 1 heterocycles. The number of oxazole rings is 1. The fourth-order valence-corrected chi connectivity index (χ4v) is 2.17. The Bertz CT molecular complexity index is 710. The van der Waals surface area contributed by atoms with Gasteiger partial charge in [-0.3, -0.25) is 9.36 Å². The maximum atomic E-state index is 12.3. The smallest absolute Gasteiger partial charge is 0.407 e. The van der Waals surface area contributed by atoms with Gasteiger partial charge >= 0.3 is 5.76 Å². The van der Waals surface area contributed by atoms with E-state index in [0.29, 0.717) is 23.9 Å². The van der Waals surface area contributed by atoms with Crippen LogP contribution >= 0.6 is 0 Å². The number of hydrogen-bond donors (Lipinski definition) is 2. The van der Waals surface area contributed by atoms with Gasteiger partial charge in [0.05, 0.1) is 16.7 Å². The normalized spacial score (nSPS) is 11.8. The Balaban J connectivity index is 2.28. The molecular weight excluding hydrogens is 272 g/mol. The largest absolute Gasteiger partial charge is 0.419 e. The molecule has 0 fully saturated rings. The lowest BCUT2D eigenvalue weighted by Crippen LogP contribution is -2.42. The van der Waals surface area contributed by atoms with Crippen molar-refractivity contribution in [3.05, 3.63) is 34.3 Å². The topological polar surface area (TPSA) is 84.5 Å². The van der Waals surface area contributed by atoms with Crippen LogP contribution in [0, 0.1) is 0 Å². The monoisotopic (exact) mass is 292 g/mol. The van der Waals surface area contributed by atoms with E-state index in [1.54, 1.807) is 25.2 Å². The van der Waals surface area contributed by atoms with Gasteiger partial charge in [0.25, 0.3) is 5.91 Å². The third-order valence-corrected chi connectivity index (χ3v) is 3.96. The maximum absolute atomic E-state index is 12.3. The minimum Gasteiger partial charge on any atom is -0.407 e. The second kappa shape index (κ2) is 5.73. The zero-order valence-electron chi connectivity index (χ0n) is 12.5. The Morgan fingerprint density at radius 2 is 2.05 bits per heavy atom. The fourth-order valence-electron chi connectivity index (χ4n) is 2.17. The van der Waals surface area contributed by atoms with Crippen LogP contribution < -0.4 is 11.1 Å². The van der Waals surface area contributed by atoms with Gasteiger partial charge in [0.15, 0.2) is 5.58 Å². The first-order chi connectivity index (χ1) is 9.91. The van der Waals surface area contributed by atoms with E-state index in [9.17, 15) is 14.7 Å². The van der Waals surface area contributed by atoms with Crippen molar-refractivity contribution in [1.82, 2.24) is 9.88 Å². The number of nitrogens with zero attached hydrogens (tertiary/aromatic N) is 1. The van der Waals surface area contributed by atoms with Crippen molar-refractivity contribution in [1.29, 1.82) is 0 Å². The summed E-state index contributed by atoms with van der Waals surface area (Å²) < 4.78 is 6.47. The molecule has 0 aliphatic heterocycles. The summed E-state index contributed by atoms with van der Waals surface area (Å²) in [5, 5.41) is 12.9. The number of aryl methyl sites for hydroxylation is 1. The van der Waals surface area contributed by atoms with Gasteiger partial charge < -0.3 is 14.8 Å². The minimum atomic E-state index is -0.916. The number of fused-ring (bicyclic) bond motifs is 1. The number of para-hydroxylation sites is 1. The molecule has 2 rings (SSSR count). The summed E-state index contributed by atoms with van der Waals surface area (Å²) in [5.74, 6) is -0.876. The first-order valence-electron chi connectivity index (χ1n) is 7.01. The van der Waals surface area contributed by atoms with Crippen molar-refractivity contribution in [3.63, 3.8) is 0 Å². The van der Waals surface area contributed by atoms with Crippen molar-refractivity contribution >= 4 is 17.0 Å². The minimum absolute atomic E-state index is 0.159. The number of carbonyl (C=O) groups excluding carboxylic acids is 1. The number of rotatable bonds is 5. The Hall–Kier alpha value is -2.08. The molecule has 2 N–H and O–H groups in total. The van der Waals surface area contributed by atoms with E-state index in [1.807, 2.05) is 13.8 Å². The van der Waals surface area contributed by atoms with E-state index in [-0.39, 0.29) is 18.0 Å². The second-order valence-corrected chi connectivity index (χ2v) is 5.19. The number of aromatic nitrogens is 1. The predicted molar refractivity (Wildman–Crippen MR) is 79.3 cm³/mol. The average Bonchev–Trinajstić information content (AvgIpc) is 2.79. The molecule has 6 nitrogen and oxygen atoms in total. The molecule has 0 bridgehead atoms. The quantitative estimate of drug-likeness (QED) is 0.872. The van der Waals surface area contributed by atoms with E-state index in [1.165, 1.54) is 4.57 Å².